The molecular weight excluding hydrogens is 292 g/mol. The predicted molar refractivity (Wildman–Crippen MR) is 76.7 cm³/mol. The van der Waals surface area contributed by atoms with Crippen molar-refractivity contribution in [1.29, 1.82) is 0 Å². The number of aliphatic hydroxyl groups excluding tert-OH is 1. The van der Waals surface area contributed by atoms with E-state index in [4.69, 9.17) is 0 Å². The molecule has 3 rings (SSSR count). The Hall–Kier alpha value is -1.13. The lowest BCUT2D eigenvalue weighted by Crippen LogP contribution is -2.33. The Balaban J connectivity index is 1.81. The van der Waals surface area contributed by atoms with Gasteiger partial charge in [0.05, 0.1) is 6.10 Å². The molecule has 3 nitrogen and oxygen atoms in total. The van der Waals surface area contributed by atoms with E-state index in [0.717, 1.165) is 35.1 Å². The van der Waals surface area contributed by atoms with Gasteiger partial charge in [-0.05, 0) is 30.9 Å². The number of aromatic nitrogens is 1. The van der Waals surface area contributed by atoms with E-state index < -0.39 is 0 Å². The van der Waals surface area contributed by atoms with E-state index in [1.54, 1.807) is 0 Å². The highest BCUT2D eigenvalue weighted by atomic mass is 79.9. The summed E-state index contributed by atoms with van der Waals surface area (Å²) in [7, 11) is 0. The molecule has 1 aliphatic carbocycles. The van der Waals surface area contributed by atoms with Gasteiger partial charge in [0, 0.05) is 28.0 Å². The molecule has 1 fully saturated rings. The molecule has 2 aromatic rings. The van der Waals surface area contributed by atoms with Crippen molar-refractivity contribution in [2.75, 3.05) is 11.9 Å². The van der Waals surface area contributed by atoms with Crippen molar-refractivity contribution in [3.05, 3.63) is 34.9 Å². The summed E-state index contributed by atoms with van der Waals surface area (Å²) in [5.41, 5.74) is 0. The third kappa shape index (κ3) is 2.22. The van der Waals surface area contributed by atoms with Crippen LogP contribution < -0.4 is 5.32 Å². The van der Waals surface area contributed by atoms with Gasteiger partial charge in [-0.3, -0.25) is 0 Å². The number of hydrogen-bond acceptors (Lipinski definition) is 3. The van der Waals surface area contributed by atoms with Gasteiger partial charge in [0.2, 0.25) is 0 Å². The predicted octanol–water partition coefficient (Wildman–Crippen LogP) is 3.18. The molecule has 0 spiro atoms. The molecule has 18 heavy (non-hydrogen) atoms. The van der Waals surface area contributed by atoms with Gasteiger partial charge < -0.3 is 10.4 Å². The van der Waals surface area contributed by atoms with E-state index in [-0.39, 0.29) is 6.10 Å². The second-order valence-electron chi connectivity index (χ2n) is 4.87. The van der Waals surface area contributed by atoms with Crippen molar-refractivity contribution in [2.24, 2.45) is 5.92 Å². The molecule has 0 amide bonds. The second kappa shape index (κ2) is 4.86. The molecule has 1 aromatic heterocycles. The highest BCUT2D eigenvalue weighted by molar-refractivity contribution is 9.10. The van der Waals surface area contributed by atoms with Gasteiger partial charge in [0.15, 0.2) is 0 Å². The standard InChI is InChI=1S/C14H15BrN2O/c15-13-3-1-2-12-11(13)4-5-16-14(12)17-8-9-6-10(18)7-9/h1-5,9-10,18H,6-8H2,(H,16,17). The number of hydrogen-bond donors (Lipinski definition) is 2. The summed E-state index contributed by atoms with van der Waals surface area (Å²) in [6, 6.07) is 8.14. The maximum atomic E-state index is 9.27. The normalized spacial score (nSPS) is 22.8. The third-order valence-corrected chi connectivity index (χ3v) is 4.21. The monoisotopic (exact) mass is 306 g/mol. The lowest BCUT2D eigenvalue weighted by atomic mass is 9.82. The second-order valence-corrected chi connectivity index (χ2v) is 5.72. The van der Waals surface area contributed by atoms with Crippen LogP contribution in [-0.4, -0.2) is 22.7 Å². The molecule has 1 aliphatic rings. The van der Waals surface area contributed by atoms with Crippen LogP contribution in [0.2, 0.25) is 0 Å². The Morgan fingerprint density at radius 2 is 2.11 bits per heavy atom. The zero-order chi connectivity index (χ0) is 12.5. The van der Waals surface area contributed by atoms with Gasteiger partial charge in [-0.25, -0.2) is 4.98 Å². The minimum Gasteiger partial charge on any atom is -0.393 e. The smallest absolute Gasteiger partial charge is 0.133 e. The molecule has 1 aromatic carbocycles. The molecule has 0 unspecified atom stereocenters. The van der Waals surface area contributed by atoms with Gasteiger partial charge >= 0.3 is 0 Å². The molecule has 4 heteroatoms. The van der Waals surface area contributed by atoms with Gasteiger partial charge in [-0.1, -0.05) is 28.1 Å². The summed E-state index contributed by atoms with van der Waals surface area (Å²) in [4.78, 5) is 4.40. The summed E-state index contributed by atoms with van der Waals surface area (Å²) in [6.07, 6.45) is 3.54. The van der Waals surface area contributed by atoms with Crippen molar-refractivity contribution < 1.29 is 5.11 Å². The van der Waals surface area contributed by atoms with Gasteiger partial charge in [-0.15, -0.1) is 0 Å². The van der Waals surface area contributed by atoms with Crippen LogP contribution >= 0.6 is 15.9 Å². The average molecular weight is 307 g/mol. The first-order valence-electron chi connectivity index (χ1n) is 6.19. The van der Waals surface area contributed by atoms with Crippen LogP contribution in [0.25, 0.3) is 10.8 Å². The molecule has 0 atom stereocenters. The van der Waals surface area contributed by atoms with Crippen LogP contribution in [0.3, 0.4) is 0 Å². The fraction of sp³-hybridized carbons (Fsp3) is 0.357. The number of nitrogens with one attached hydrogen (secondary N) is 1. The largest absolute Gasteiger partial charge is 0.393 e. The molecule has 2 N–H and O–H groups in total. The number of benzene rings is 1. The van der Waals surface area contributed by atoms with Crippen molar-refractivity contribution in [1.82, 2.24) is 4.98 Å². The molecule has 0 radical (unpaired) electrons. The number of rotatable bonds is 3. The summed E-state index contributed by atoms with van der Waals surface area (Å²) >= 11 is 3.56. The van der Waals surface area contributed by atoms with E-state index in [2.05, 4.69) is 32.3 Å². The maximum absolute atomic E-state index is 9.27. The number of aliphatic hydroxyl groups is 1. The topological polar surface area (TPSA) is 45.1 Å². The number of pyridine rings is 1. The first kappa shape index (κ1) is 11.9. The van der Waals surface area contributed by atoms with Crippen molar-refractivity contribution in [3.63, 3.8) is 0 Å². The summed E-state index contributed by atoms with van der Waals surface area (Å²) < 4.78 is 1.09. The van der Waals surface area contributed by atoms with E-state index in [1.165, 1.54) is 5.39 Å². The van der Waals surface area contributed by atoms with Crippen molar-refractivity contribution in [3.8, 4) is 0 Å². The van der Waals surface area contributed by atoms with E-state index >= 15 is 0 Å². The first-order valence-corrected chi connectivity index (χ1v) is 6.98. The molecule has 0 saturated heterocycles. The molecule has 0 bridgehead atoms. The molecule has 0 aliphatic heterocycles. The lowest BCUT2D eigenvalue weighted by molar-refractivity contribution is 0.0487. The third-order valence-electron chi connectivity index (χ3n) is 3.52. The van der Waals surface area contributed by atoms with Crippen LogP contribution in [0.4, 0.5) is 5.82 Å². The highest BCUT2D eigenvalue weighted by Crippen LogP contribution is 2.30. The zero-order valence-electron chi connectivity index (χ0n) is 9.94. The van der Waals surface area contributed by atoms with Crippen LogP contribution in [0, 0.1) is 5.92 Å². The maximum Gasteiger partial charge on any atom is 0.133 e. The Morgan fingerprint density at radius 3 is 2.89 bits per heavy atom. The molecule has 94 valence electrons. The van der Waals surface area contributed by atoms with Crippen LogP contribution in [0.15, 0.2) is 34.9 Å². The van der Waals surface area contributed by atoms with Gasteiger partial charge in [-0.2, -0.15) is 0 Å². The van der Waals surface area contributed by atoms with Crippen molar-refractivity contribution >= 4 is 32.5 Å². The number of halogens is 1. The Morgan fingerprint density at radius 1 is 1.28 bits per heavy atom. The van der Waals surface area contributed by atoms with E-state index in [1.807, 2.05) is 24.4 Å². The molecule has 1 heterocycles. The highest BCUT2D eigenvalue weighted by Gasteiger charge is 2.26. The van der Waals surface area contributed by atoms with E-state index in [9.17, 15) is 5.11 Å². The number of nitrogens with zero attached hydrogens (tertiary/aromatic N) is 1. The molecular formula is C14H15BrN2O. The SMILES string of the molecule is OC1CC(CNc2nccc3c(Br)cccc23)C1. The minimum atomic E-state index is -0.0913. The lowest BCUT2D eigenvalue weighted by Gasteiger charge is -2.31. The fourth-order valence-corrected chi connectivity index (χ4v) is 2.92. The Labute approximate surface area is 114 Å². The van der Waals surface area contributed by atoms with Crippen LogP contribution in [0.5, 0.6) is 0 Å². The van der Waals surface area contributed by atoms with Crippen LogP contribution in [0.1, 0.15) is 12.8 Å². The fourth-order valence-electron chi connectivity index (χ4n) is 2.42. The molecule has 1 saturated carbocycles. The van der Waals surface area contributed by atoms with Crippen molar-refractivity contribution in [2.45, 2.75) is 18.9 Å². The quantitative estimate of drug-likeness (QED) is 0.915. The van der Waals surface area contributed by atoms with Gasteiger partial charge in [0.25, 0.3) is 0 Å². The van der Waals surface area contributed by atoms with Gasteiger partial charge in [0.1, 0.15) is 5.82 Å². The van der Waals surface area contributed by atoms with E-state index in [0.29, 0.717) is 5.92 Å². The number of fused-ring (bicyclic) bond motifs is 1. The summed E-state index contributed by atoms with van der Waals surface area (Å²) in [6.45, 7) is 0.885. The Bertz CT molecular complexity index is 567. The number of anilines is 1. The first-order chi connectivity index (χ1) is 8.74. The summed E-state index contributed by atoms with van der Waals surface area (Å²) in [5.74, 6) is 1.50. The average Bonchev–Trinajstić information content (AvgIpc) is 2.34. The van der Waals surface area contributed by atoms with Crippen LogP contribution in [-0.2, 0) is 0 Å². The minimum absolute atomic E-state index is 0.0913. The Kier molecular flexibility index (Phi) is 3.22. The zero-order valence-corrected chi connectivity index (χ0v) is 11.5. The summed E-state index contributed by atoms with van der Waals surface area (Å²) in [5, 5.41) is 15.0.